The highest BCUT2D eigenvalue weighted by molar-refractivity contribution is 9.10. The lowest BCUT2D eigenvalue weighted by Gasteiger charge is -2.37. The van der Waals surface area contributed by atoms with Gasteiger partial charge in [-0.3, -0.25) is 4.90 Å². The molecule has 1 aliphatic rings. The van der Waals surface area contributed by atoms with E-state index in [1.165, 1.54) is 5.75 Å². The van der Waals surface area contributed by atoms with Crippen molar-refractivity contribution in [3.05, 3.63) is 10.3 Å². The van der Waals surface area contributed by atoms with Crippen LogP contribution < -0.4 is 5.32 Å². The van der Waals surface area contributed by atoms with Gasteiger partial charge >= 0.3 is 0 Å². The predicted molar refractivity (Wildman–Crippen MR) is 74.2 cm³/mol. The first-order valence-electron chi connectivity index (χ1n) is 5.65. The summed E-state index contributed by atoms with van der Waals surface area (Å²) in [6.45, 7) is 1.14. The van der Waals surface area contributed by atoms with Gasteiger partial charge in [-0.2, -0.15) is 11.8 Å². The molecule has 1 aromatic heterocycles. The fourth-order valence-corrected chi connectivity index (χ4v) is 4.08. The van der Waals surface area contributed by atoms with Crippen LogP contribution >= 0.6 is 27.7 Å². The molecule has 1 aliphatic heterocycles. The number of thioether (sulfide) groups is 1. The maximum atomic E-state index is 4.07. The molecule has 7 heteroatoms. The normalized spacial score (nSPS) is 23.9. The monoisotopic (exact) mass is 319 g/mol. The number of nitrogens with zero attached hydrogens (tertiary/aromatic N) is 4. The highest BCUT2D eigenvalue weighted by Crippen LogP contribution is 2.29. The number of hydrogen-bond acceptors (Lipinski definition) is 5. The summed E-state index contributed by atoms with van der Waals surface area (Å²) in [7, 11) is 6.12. The summed E-state index contributed by atoms with van der Waals surface area (Å²) in [4.78, 5) is 2.41. The van der Waals surface area contributed by atoms with E-state index in [-0.39, 0.29) is 6.04 Å². The smallest absolute Gasteiger partial charge is 0.153 e. The summed E-state index contributed by atoms with van der Waals surface area (Å²) >= 11 is 5.50. The van der Waals surface area contributed by atoms with E-state index in [1.807, 2.05) is 30.5 Å². The molecule has 2 unspecified atom stereocenters. The Morgan fingerprint density at radius 1 is 1.53 bits per heavy atom. The Hall–Kier alpha value is -0.110. The third-order valence-corrected chi connectivity index (χ3v) is 4.87. The van der Waals surface area contributed by atoms with Crippen LogP contribution in [0.1, 0.15) is 11.7 Å². The molecule has 0 aromatic carbocycles. The van der Waals surface area contributed by atoms with Crippen LogP contribution in [-0.2, 0) is 7.05 Å². The Labute approximate surface area is 114 Å². The Balaban J connectivity index is 2.26. The highest BCUT2D eigenvalue weighted by atomic mass is 79.9. The molecular formula is C10H18BrN5S. The standard InChI is InChI=1S/C10H18BrN5S/c1-12-8(7-6-17-5-4-15(7)2)9-10(11)13-14-16(9)3/h7-8,12H,4-6H2,1-3H3. The quantitative estimate of drug-likeness (QED) is 0.896. The van der Waals surface area contributed by atoms with Crippen LogP contribution in [0.3, 0.4) is 0 Å². The fraction of sp³-hybridized carbons (Fsp3) is 0.800. The van der Waals surface area contributed by atoms with Crippen LogP contribution in [0.15, 0.2) is 4.60 Å². The molecule has 0 aliphatic carbocycles. The summed E-state index contributed by atoms with van der Waals surface area (Å²) in [6.07, 6.45) is 0. The first kappa shape index (κ1) is 13.3. The SMILES string of the molecule is CNC(c1c(Br)nnn1C)C1CSCCN1C. The number of rotatable bonds is 3. The van der Waals surface area contributed by atoms with Crippen LogP contribution in [0.4, 0.5) is 0 Å². The number of nitrogens with one attached hydrogen (secondary N) is 1. The zero-order valence-electron chi connectivity index (χ0n) is 10.4. The first-order chi connectivity index (χ1) is 8.15. The average Bonchev–Trinajstić information content (AvgIpc) is 2.64. The minimum absolute atomic E-state index is 0.252. The van der Waals surface area contributed by atoms with E-state index in [0.29, 0.717) is 6.04 Å². The van der Waals surface area contributed by atoms with Gasteiger partial charge in [0.1, 0.15) is 0 Å². The molecule has 0 spiro atoms. The van der Waals surface area contributed by atoms with E-state index in [2.05, 4.69) is 43.5 Å². The molecule has 0 saturated carbocycles. The van der Waals surface area contributed by atoms with Gasteiger partial charge in [-0.15, -0.1) is 5.10 Å². The molecule has 96 valence electrons. The van der Waals surface area contributed by atoms with Crippen LogP contribution in [0.5, 0.6) is 0 Å². The van der Waals surface area contributed by atoms with Gasteiger partial charge in [0.2, 0.25) is 0 Å². The Bertz CT molecular complexity index is 363. The molecule has 17 heavy (non-hydrogen) atoms. The second-order valence-electron chi connectivity index (χ2n) is 4.28. The molecule has 1 fully saturated rings. The van der Waals surface area contributed by atoms with Gasteiger partial charge in [-0.25, -0.2) is 4.68 Å². The molecule has 2 heterocycles. The molecule has 2 rings (SSSR count). The largest absolute Gasteiger partial charge is 0.310 e. The van der Waals surface area contributed by atoms with Crippen molar-refractivity contribution in [1.29, 1.82) is 0 Å². The first-order valence-corrected chi connectivity index (χ1v) is 7.60. The Morgan fingerprint density at radius 2 is 2.29 bits per heavy atom. The van der Waals surface area contributed by atoms with Gasteiger partial charge in [0.05, 0.1) is 11.7 Å². The van der Waals surface area contributed by atoms with Crippen molar-refractivity contribution < 1.29 is 0 Å². The second kappa shape index (κ2) is 5.69. The van der Waals surface area contributed by atoms with Gasteiger partial charge < -0.3 is 5.32 Å². The van der Waals surface area contributed by atoms with Crippen molar-refractivity contribution in [2.24, 2.45) is 7.05 Å². The van der Waals surface area contributed by atoms with Crippen LogP contribution in [-0.4, -0.2) is 58.1 Å². The maximum absolute atomic E-state index is 4.07. The van der Waals surface area contributed by atoms with E-state index in [1.54, 1.807) is 0 Å². The average molecular weight is 320 g/mol. The van der Waals surface area contributed by atoms with E-state index < -0.39 is 0 Å². The lowest BCUT2D eigenvalue weighted by Crippen LogP contribution is -2.47. The van der Waals surface area contributed by atoms with Crippen LogP contribution in [0, 0.1) is 0 Å². The predicted octanol–water partition coefficient (Wildman–Crippen LogP) is 0.885. The van der Waals surface area contributed by atoms with Crippen molar-refractivity contribution in [3.8, 4) is 0 Å². The van der Waals surface area contributed by atoms with Crippen molar-refractivity contribution in [2.45, 2.75) is 12.1 Å². The lowest BCUT2D eigenvalue weighted by atomic mass is 10.1. The molecule has 1 N–H and O–H groups in total. The number of aromatic nitrogens is 3. The highest BCUT2D eigenvalue weighted by Gasteiger charge is 2.31. The van der Waals surface area contributed by atoms with Crippen LogP contribution in [0.2, 0.25) is 0 Å². The minimum Gasteiger partial charge on any atom is -0.310 e. The minimum atomic E-state index is 0.252. The van der Waals surface area contributed by atoms with Crippen molar-refractivity contribution in [2.75, 3.05) is 32.1 Å². The van der Waals surface area contributed by atoms with Crippen molar-refractivity contribution in [1.82, 2.24) is 25.2 Å². The number of aryl methyl sites for hydroxylation is 1. The van der Waals surface area contributed by atoms with E-state index in [9.17, 15) is 0 Å². The maximum Gasteiger partial charge on any atom is 0.153 e. The molecule has 1 aromatic rings. The van der Waals surface area contributed by atoms with Crippen molar-refractivity contribution in [3.63, 3.8) is 0 Å². The summed E-state index contributed by atoms with van der Waals surface area (Å²) in [5.74, 6) is 2.36. The third kappa shape index (κ3) is 2.67. The molecule has 0 radical (unpaired) electrons. The molecule has 2 atom stereocenters. The van der Waals surface area contributed by atoms with E-state index >= 15 is 0 Å². The second-order valence-corrected chi connectivity index (χ2v) is 6.18. The van der Waals surface area contributed by atoms with Crippen molar-refractivity contribution >= 4 is 27.7 Å². The Morgan fingerprint density at radius 3 is 2.82 bits per heavy atom. The zero-order chi connectivity index (χ0) is 12.4. The summed E-state index contributed by atoms with van der Waals surface area (Å²) in [6, 6.07) is 0.731. The number of halogens is 1. The molecule has 1 saturated heterocycles. The van der Waals surface area contributed by atoms with Gasteiger partial charge in [-0.05, 0) is 30.0 Å². The third-order valence-electron chi connectivity index (χ3n) is 3.26. The van der Waals surface area contributed by atoms with E-state index in [0.717, 1.165) is 22.6 Å². The van der Waals surface area contributed by atoms with Gasteiger partial charge in [0.25, 0.3) is 0 Å². The molecule has 0 amide bonds. The number of hydrogen-bond donors (Lipinski definition) is 1. The number of likely N-dealkylation sites (N-methyl/N-ethyl adjacent to an activating group) is 2. The van der Waals surface area contributed by atoms with Gasteiger partial charge in [0, 0.05) is 31.1 Å². The fourth-order valence-electron chi connectivity index (χ4n) is 2.24. The Kier molecular flexibility index (Phi) is 4.46. The summed E-state index contributed by atoms with van der Waals surface area (Å²) in [5, 5.41) is 11.5. The summed E-state index contributed by atoms with van der Waals surface area (Å²) in [5.41, 5.74) is 1.12. The summed E-state index contributed by atoms with van der Waals surface area (Å²) < 4.78 is 2.68. The topological polar surface area (TPSA) is 46.0 Å². The lowest BCUT2D eigenvalue weighted by molar-refractivity contribution is 0.216. The van der Waals surface area contributed by atoms with E-state index in [4.69, 9.17) is 0 Å². The molecule has 0 bridgehead atoms. The van der Waals surface area contributed by atoms with Crippen LogP contribution in [0.25, 0.3) is 0 Å². The zero-order valence-corrected chi connectivity index (χ0v) is 12.8. The molecule has 5 nitrogen and oxygen atoms in total. The van der Waals surface area contributed by atoms with Gasteiger partial charge in [0.15, 0.2) is 4.60 Å². The van der Waals surface area contributed by atoms with Gasteiger partial charge in [-0.1, -0.05) is 5.21 Å². The molecular weight excluding hydrogens is 302 g/mol.